The number of carbonyl (C=O) groups is 1. The average molecular weight is 478 g/mol. The Morgan fingerprint density at radius 1 is 1.00 bits per heavy atom. The molecule has 1 aliphatic rings. The number of hydrogen-bond acceptors (Lipinski definition) is 6. The summed E-state index contributed by atoms with van der Waals surface area (Å²) in [4.78, 5) is 30.8. The van der Waals surface area contributed by atoms with Gasteiger partial charge in [-0.1, -0.05) is 48.5 Å². The van der Waals surface area contributed by atoms with Crippen molar-refractivity contribution in [2.75, 3.05) is 11.9 Å². The zero-order valence-corrected chi connectivity index (χ0v) is 19.8. The maximum atomic E-state index is 13.4. The molecule has 5 aromatic rings. The van der Waals surface area contributed by atoms with Crippen LogP contribution in [0.3, 0.4) is 0 Å². The summed E-state index contributed by atoms with van der Waals surface area (Å²) in [6, 6.07) is 23.9. The van der Waals surface area contributed by atoms with E-state index in [1.54, 1.807) is 23.7 Å². The van der Waals surface area contributed by atoms with E-state index in [1.807, 2.05) is 48.5 Å². The van der Waals surface area contributed by atoms with E-state index >= 15 is 0 Å². The SMILES string of the molecule is O=C(Nc1nc2c(s1)CN(Cc1ccccc1)CC2)c1cc(-c2cccnc2)nc2ccccc12. The van der Waals surface area contributed by atoms with Crippen LogP contribution in [-0.4, -0.2) is 32.3 Å². The van der Waals surface area contributed by atoms with E-state index in [0.29, 0.717) is 10.7 Å². The van der Waals surface area contributed by atoms with Crippen LogP contribution >= 0.6 is 11.3 Å². The van der Waals surface area contributed by atoms with Gasteiger partial charge in [0, 0.05) is 54.3 Å². The molecule has 0 radical (unpaired) electrons. The second-order valence-electron chi connectivity index (χ2n) is 8.60. The number of hydrogen-bond donors (Lipinski definition) is 1. The molecule has 6 rings (SSSR count). The first kappa shape index (κ1) is 21.6. The van der Waals surface area contributed by atoms with E-state index in [9.17, 15) is 4.79 Å². The number of pyridine rings is 2. The number of carbonyl (C=O) groups excluding carboxylic acids is 1. The Labute approximate surface area is 207 Å². The summed E-state index contributed by atoms with van der Waals surface area (Å²) >= 11 is 1.57. The van der Waals surface area contributed by atoms with Gasteiger partial charge in [-0.05, 0) is 29.8 Å². The number of aromatic nitrogens is 3. The molecule has 0 unspecified atom stereocenters. The highest BCUT2D eigenvalue weighted by molar-refractivity contribution is 7.15. The van der Waals surface area contributed by atoms with Gasteiger partial charge in [-0.15, -0.1) is 11.3 Å². The molecule has 1 N–H and O–H groups in total. The van der Waals surface area contributed by atoms with Crippen LogP contribution in [0.1, 0.15) is 26.5 Å². The zero-order valence-electron chi connectivity index (χ0n) is 19.0. The van der Waals surface area contributed by atoms with Crippen molar-refractivity contribution in [3.05, 3.63) is 107 Å². The molecule has 0 aliphatic carbocycles. The minimum Gasteiger partial charge on any atom is -0.298 e. The summed E-state index contributed by atoms with van der Waals surface area (Å²) in [6.07, 6.45) is 4.37. The lowest BCUT2D eigenvalue weighted by Gasteiger charge is -2.25. The van der Waals surface area contributed by atoms with E-state index in [2.05, 4.69) is 39.5 Å². The predicted octanol–water partition coefficient (Wildman–Crippen LogP) is 5.56. The van der Waals surface area contributed by atoms with Crippen LogP contribution < -0.4 is 5.32 Å². The number of rotatable bonds is 5. The summed E-state index contributed by atoms with van der Waals surface area (Å²) in [5.74, 6) is -0.180. The molecule has 0 atom stereocenters. The van der Waals surface area contributed by atoms with E-state index < -0.39 is 0 Å². The third kappa shape index (κ3) is 4.56. The monoisotopic (exact) mass is 477 g/mol. The first-order valence-electron chi connectivity index (χ1n) is 11.6. The minimum absolute atomic E-state index is 0.180. The third-order valence-corrected chi connectivity index (χ3v) is 7.20. The van der Waals surface area contributed by atoms with Gasteiger partial charge in [0.2, 0.25) is 0 Å². The van der Waals surface area contributed by atoms with E-state index in [4.69, 9.17) is 9.97 Å². The molecule has 0 saturated heterocycles. The molecule has 0 fully saturated rings. The number of nitrogens with zero attached hydrogens (tertiary/aromatic N) is 4. The molecule has 1 amide bonds. The van der Waals surface area contributed by atoms with Crippen LogP contribution in [0.2, 0.25) is 0 Å². The highest BCUT2D eigenvalue weighted by Gasteiger charge is 2.22. The van der Waals surface area contributed by atoms with Gasteiger partial charge in [0.15, 0.2) is 5.13 Å². The first-order chi connectivity index (χ1) is 17.2. The van der Waals surface area contributed by atoms with Gasteiger partial charge in [0.25, 0.3) is 5.91 Å². The smallest absolute Gasteiger partial charge is 0.258 e. The predicted molar refractivity (Wildman–Crippen MR) is 139 cm³/mol. The lowest BCUT2D eigenvalue weighted by Crippen LogP contribution is -2.29. The summed E-state index contributed by atoms with van der Waals surface area (Å²) in [5, 5.41) is 4.51. The molecule has 0 spiro atoms. The topological polar surface area (TPSA) is 71.0 Å². The Hall–Kier alpha value is -3.94. The van der Waals surface area contributed by atoms with Gasteiger partial charge in [0.1, 0.15) is 0 Å². The Morgan fingerprint density at radius 3 is 2.71 bits per heavy atom. The molecule has 3 aromatic heterocycles. The van der Waals surface area contributed by atoms with Crippen LogP contribution in [0.4, 0.5) is 5.13 Å². The number of benzene rings is 2. The molecule has 0 bridgehead atoms. The summed E-state index contributed by atoms with van der Waals surface area (Å²) < 4.78 is 0. The summed E-state index contributed by atoms with van der Waals surface area (Å²) in [5.41, 5.74) is 5.34. The minimum atomic E-state index is -0.180. The second kappa shape index (κ2) is 9.37. The van der Waals surface area contributed by atoms with Gasteiger partial charge < -0.3 is 0 Å². The molecule has 6 nitrogen and oxygen atoms in total. The highest BCUT2D eigenvalue weighted by Crippen LogP contribution is 2.30. The summed E-state index contributed by atoms with van der Waals surface area (Å²) in [6.45, 7) is 2.73. The molecule has 0 saturated carbocycles. The van der Waals surface area contributed by atoms with Crippen molar-refractivity contribution in [1.29, 1.82) is 0 Å². The van der Waals surface area contributed by atoms with Crippen molar-refractivity contribution in [2.24, 2.45) is 0 Å². The Kier molecular flexibility index (Phi) is 5.78. The molecular weight excluding hydrogens is 454 g/mol. The molecule has 2 aromatic carbocycles. The van der Waals surface area contributed by atoms with Gasteiger partial charge in [-0.3, -0.25) is 20.0 Å². The van der Waals surface area contributed by atoms with Crippen LogP contribution in [0.15, 0.2) is 85.2 Å². The quantitative estimate of drug-likeness (QED) is 0.359. The van der Waals surface area contributed by atoms with E-state index in [0.717, 1.165) is 53.9 Å². The van der Waals surface area contributed by atoms with Crippen LogP contribution in [0, 0.1) is 0 Å². The van der Waals surface area contributed by atoms with E-state index in [1.165, 1.54) is 10.4 Å². The number of amides is 1. The van der Waals surface area contributed by atoms with Crippen molar-refractivity contribution in [3.8, 4) is 11.3 Å². The van der Waals surface area contributed by atoms with Crippen molar-refractivity contribution in [3.63, 3.8) is 0 Å². The largest absolute Gasteiger partial charge is 0.298 e. The van der Waals surface area contributed by atoms with Crippen LogP contribution in [0.5, 0.6) is 0 Å². The fourth-order valence-electron chi connectivity index (χ4n) is 4.47. The van der Waals surface area contributed by atoms with Crippen molar-refractivity contribution in [1.82, 2.24) is 19.9 Å². The van der Waals surface area contributed by atoms with Gasteiger partial charge >= 0.3 is 0 Å². The standard InChI is InChI=1S/C28H23N5OS/c34-27(22-15-25(20-9-6-13-29-16-20)30-23-11-5-4-10-21(22)23)32-28-31-24-12-14-33(18-26(24)35-28)17-19-7-2-1-3-8-19/h1-11,13,15-16H,12,14,17-18H2,(H,31,32,34). The first-order valence-corrected chi connectivity index (χ1v) is 12.4. The molecule has 172 valence electrons. The zero-order chi connectivity index (χ0) is 23.6. The molecule has 4 heterocycles. The maximum Gasteiger partial charge on any atom is 0.258 e. The van der Waals surface area contributed by atoms with Gasteiger partial charge in [0.05, 0.1) is 22.5 Å². The highest BCUT2D eigenvalue weighted by atomic mass is 32.1. The van der Waals surface area contributed by atoms with Crippen LogP contribution in [0.25, 0.3) is 22.2 Å². The number of fused-ring (bicyclic) bond motifs is 2. The number of para-hydroxylation sites is 1. The normalized spacial score (nSPS) is 13.5. The van der Waals surface area contributed by atoms with Crippen molar-refractivity contribution < 1.29 is 4.79 Å². The Balaban J connectivity index is 1.25. The molecule has 35 heavy (non-hydrogen) atoms. The number of thiazole rings is 1. The average Bonchev–Trinajstić information content (AvgIpc) is 3.30. The maximum absolute atomic E-state index is 13.4. The third-order valence-electron chi connectivity index (χ3n) is 6.20. The van der Waals surface area contributed by atoms with E-state index in [-0.39, 0.29) is 5.91 Å². The second-order valence-corrected chi connectivity index (χ2v) is 9.69. The Morgan fingerprint density at radius 2 is 1.86 bits per heavy atom. The van der Waals surface area contributed by atoms with Crippen LogP contribution in [-0.2, 0) is 19.5 Å². The van der Waals surface area contributed by atoms with Gasteiger partial charge in [-0.25, -0.2) is 9.97 Å². The lowest BCUT2D eigenvalue weighted by molar-refractivity contribution is 0.102. The summed E-state index contributed by atoms with van der Waals surface area (Å²) in [7, 11) is 0. The van der Waals surface area contributed by atoms with Crippen molar-refractivity contribution in [2.45, 2.75) is 19.5 Å². The molecule has 1 aliphatic heterocycles. The Bertz CT molecular complexity index is 1500. The van der Waals surface area contributed by atoms with Crippen molar-refractivity contribution >= 4 is 33.3 Å². The fraction of sp³-hybridized carbons (Fsp3) is 0.143. The lowest BCUT2D eigenvalue weighted by atomic mass is 10.0. The fourth-order valence-corrected chi connectivity index (χ4v) is 5.51. The molecule has 7 heteroatoms. The van der Waals surface area contributed by atoms with Gasteiger partial charge in [-0.2, -0.15) is 0 Å². The molecular formula is C28H23N5OS. The number of anilines is 1. The number of nitrogens with one attached hydrogen (secondary N) is 1.